The highest BCUT2D eigenvalue weighted by Crippen LogP contribution is 2.26. The molecular weight excluding hydrogens is 385 g/mol. The monoisotopic (exact) mass is 403 g/mol. The SMILES string of the molecule is Cn1c(=O)c2c(nc3n(Cc4ccc(F)cc4)c(-c4ccccc4)cn23)n(C)c1=O. The highest BCUT2D eigenvalue weighted by atomic mass is 19.1. The van der Waals surface area contributed by atoms with Crippen LogP contribution in [0.25, 0.3) is 28.2 Å². The number of hydrogen-bond acceptors (Lipinski definition) is 3. The molecular formula is C22H18FN5O2. The van der Waals surface area contributed by atoms with E-state index in [0.717, 1.165) is 21.4 Å². The molecule has 0 amide bonds. The first-order chi connectivity index (χ1) is 14.5. The van der Waals surface area contributed by atoms with E-state index in [-0.39, 0.29) is 5.82 Å². The molecule has 0 saturated carbocycles. The van der Waals surface area contributed by atoms with Crippen LogP contribution in [0.5, 0.6) is 0 Å². The third-order valence-electron chi connectivity index (χ3n) is 5.38. The first-order valence-electron chi connectivity index (χ1n) is 9.43. The summed E-state index contributed by atoms with van der Waals surface area (Å²) >= 11 is 0. The second kappa shape index (κ2) is 6.55. The van der Waals surface area contributed by atoms with Gasteiger partial charge in [0.05, 0.1) is 12.2 Å². The van der Waals surface area contributed by atoms with Crippen molar-refractivity contribution in [2.24, 2.45) is 14.1 Å². The molecule has 0 bridgehead atoms. The van der Waals surface area contributed by atoms with Gasteiger partial charge < -0.3 is 4.57 Å². The molecule has 0 radical (unpaired) electrons. The van der Waals surface area contributed by atoms with Crippen molar-refractivity contribution in [1.82, 2.24) is 23.1 Å². The van der Waals surface area contributed by atoms with Crippen LogP contribution < -0.4 is 11.2 Å². The van der Waals surface area contributed by atoms with Gasteiger partial charge in [0, 0.05) is 20.3 Å². The lowest BCUT2D eigenvalue weighted by atomic mass is 10.1. The molecule has 0 spiro atoms. The molecule has 0 atom stereocenters. The number of rotatable bonds is 3. The van der Waals surface area contributed by atoms with Crippen LogP contribution in [-0.2, 0) is 20.6 Å². The summed E-state index contributed by atoms with van der Waals surface area (Å²) in [5.41, 5.74) is 2.54. The van der Waals surface area contributed by atoms with Gasteiger partial charge in [0.1, 0.15) is 5.82 Å². The fraction of sp³-hybridized carbons (Fsp3) is 0.136. The van der Waals surface area contributed by atoms with Crippen molar-refractivity contribution < 1.29 is 4.39 Å². The van der Waals surface area contributed by atoms with Crippen molar-refractivity contribution in [3.05, 3.63) is 93.0 Å². The van der Waals surface area contributed by atoms with Crippen LogP contribution in [0.4, 0.5) is 4.39 Å². The summed E-state index contributed by atoms with van der Waals surface area (Å²) < 4.78 is 19.5. The highest BCUT2D eigenvalue weighted by molar-refractivity contribution is 5.78. The normalized spacial score (nSPS) is 11.6. The van der Waals surface area contributed by atoms with E-state index in [0.29, 0.717) is 23.5 Å². The molecule has 8 heteroatoms. The number of halogens is 1. The Balaban J connectivity index is 1.85. The number of benzene rings is 2. The minimum Gasteiger partial charge on any atom is -0.305 e. The summed E-state index contributed by atoms with van der Waals surface area (Å²) in [6.45, 7) is 0.429. The topological polar surface area (TPSA) is 66.2 Å². The third kappa shape index (κ3) is 2.61. The molecule has 0 aliphatic rings. The standard InChI is InChI=1S/C22H18FN5O2/c1-25-19-18(20(29)26(2)22(25)30)28-13-17(15-6-4-3-5-7-15)27(21(28)24-19)12-14-8-10-16(23)11-9-14/h3-11,13H,12H2,1-2H3. The Bertz CT molecular complexity index is 1520. The van der Waals surface area contributed by atoms with Gasteiger partial charge in [-0.3, -0.25) is 18.3 Å². The zero-order valence-electron chi connectivity index (χ0n) is 16.4. The average Bonchev–Trinajstić information content (AvgIpc) is 3.30. The van der Waals surface area contributed by atoms with E-state index in [4.69, 9.17) is 0 Å². The molecule has 0 unspecified atom stereocenters. The zero-order chi connectivity index (χ0) is 21.0. The van der Waals surface area contributed by atoms with Crippen molar-refractivity contribution in [3.63, 3.8) is 0 Å². The number of nitrogens with zero attached hydrogens (tertiary/aromatic N) is 5. The molecule has 0 N–H and O–H groups in total. The molecule has 5 aromatic rings. The fourth-order valence-electron chi connectivity index (χ4n) is 3.78. The lowest BCUT2D eigenvalue weighted by Crippen LogP contribution is -2.37. The van der Waals surface area contributed by atoms with Crippen molar-refractivity contribution in [1.29, 1.82) is 0 Å². The molecule has 30 heavy (non-hydrogen) atoms. The Hall–Kier alpha value is -3.94. The summed E-state index contributed by atoms with van der Waals surface area (Å²) in [6, 6.07) is 16.0. The Morgan fingerprint density at radius 3 is 2.33 bits per heavy atom. The maximum atomic E-state index is 13.4. The van der Waals surface area contributed by atoms with E-state index >= 15 is 0 Å². The van der Waals surface area contributed by atoms with Gasteiger partial charge in [0.2, 0.25) is 5.78 Å². The fourth-order valence-corrected chi connectivity index (χ4v) is 3.78. The molecule has 0 fully saturated rings. The van der Waals surface area contributed by atoms with Gasteiger partial charge in [0.15, 0.2) is 11.2 Å². The van der Waals surface area contributed by atoms with Gasteiger partial charge >= 0.3 is 5.69 Å². The minimum atomic E-state index is -0.429. The minimum absolute atomic E-state index is 0.301. The van der Waals surface area contributed by atoms with Gasteiger partial charge in [-0.15, -0.1) is 0 Å². The molecule has 150 valence electrons. The quantitative estimate of drug-likeness (QED) is 0.465. The van der Waals surface area contributed by atoms with Gasteiger partial charge in [-0.05, 0) is 23.3 Å². The van der Waals surface area contributed by atoms with Crippen LogP contribution in [0, 0.1) is 5.82 Å². The number of fused-ring (bicyclic) bond motifs is 3. The first-order valence-corrected chi connectivity index (χ1v) is 9.43. The van der Waals surface area contributed by atoms with Gasteiger partial charge in [-0.1, -0.05) is 42.5 Å². The summed E-state index contributed by atoms with van der Waals surface area (Å²) in [7, 11) is 3.05. The smallest absolute Gasteiger partial charge is 0.305 e. The Kier molecular flexibility index (Phi) is 3.95. The summed E-state index contributed by atoms with van der Waals surface area (Å²) in [5, 5.41) is 0. The molecule has 2 aromatic carbocycles. The van der Waals surface area contributed by atoms with Crippen LogP contribution in [0.3, 0.4) is 0 Å². The first kappa shape index (κ1) is 18.1. The Labute approximate surface area is 169 Å². The summed E-state index contributed by atoms with van der Waals surface area (Å²) in [5.74, 6) is 0.233. The van der Waals surface area contributed by atoms with Gasteiger partial charge in [-0.25, -0.2) is 9.18 Å². The lowest BCUT2D eigenvalue weighted by Gasteiger charge is -2.09. The van der Waals surface area contributed by atoms with E-state index in [2.05, 4.69) is 4.98 Å². The molecule has 0 aliphatic carbocycles. The number of aryl methyl sites for hydroxylation is 1. The molecule has 0 saturated heterocycles. The van der Waals surface area contributed by atoms with Crippen LogP contribution >= 0.6 is 0 Å². The molecule has 3 heterocycles. The Morgan fingerprint density at radius 1 is 0.933 bits per heavy atom. The Morgan fingerprint density at radius 2 is 1.63 bits per heavy atom. The van der Waals surface area contributed by atoms with Crippen LogP contribution in [0.1, 0.15) is 5.56 Å². The maximum Gasteiger partial charge on any atom is 0.332 e. The number of aromatic nitrogens is 5. The molecule has 7 nitrogen and oxygen atoms in total. The maximum absolute atomic E-state index is 13.4. The second-order valence-corrected chi connectivity index (χ2v) is 7.25. The van der Waals surface area contributed by atoms with Crippen LogP contribution in [0.2, 0.25) is 0 Å². The molecule has 3 aromatic heterocycles. The predicted molar refractivity (Wildman–Crippen MR) is 112 cm³/mol. The number of hydrogen-bond donors (Lipinski definition) is 0. The third-order valence-corrected chi connectivity index (χ3v) is 5.38. The summed E-state index contributed by atoms with van der Waals surface area (Å²) in [4.78, 5) is 29.8. The second-order valence-electron chi connectivity index (χ2n) is 7.25. The van der Waals surface area contributed by atoms with Crippen LogP contribution in [-0.4, -0.2) is 23.1 Å². The van der Waals surface area contributed by atoms with E-state index in [1.807, 2.05) is 41.1 Å². The predicted octanol–water partition coefficient (Wildman–Crippen LogP) is 2.54. The van der Waals surface area contributed by atoms with Crippen molar-refractivity contribution in [3.8, 4) is 11.3 Å². The van der Waals surface area contributed by atoms with Crippen LogP contribution in [0.15, 0.2) is 70.4 Å². The van der Waals surface area contributed by atoms with Gasteiger partial charge in [-0.2, -0.15) is 4.98 Å². The molecule has 5 rings (SSSR count). The van der Waals surface area contributed by atoms with Crippen molar-refractivity contribution in [2.75, 3.05) is 0 Å². The average molecular weight is 403 g/mol. The van der Waals surface area contributed by atoms with Gasteiger partial charge in [0.25, 0.3) is 5.56 Å². The van der Waals surface area contributed by atoms with Crippen molar-refractivity contribution >= 4 is 16.9 Å². The highest BCUT2D eigenvalue weighted by Gasteiger charge is 2.20. The zero-order valence-corrected chi connectivity index (χ0v) is 16.4. The molecule has 0 aliphatic heterocycles. The van der Waals surface area contributed by atoms with Crippen molar-refractivity contribution in [2.45, 2.75) is 6.54 Å². The lowest BCUT2D eigenvalue weighted by molar-refractivity contribution is 0.626. The number of imidazole rings is 2. The largest absolute Gasteiger partial charge is 0.332 e. The summed E-state index contributed by atoms with van der Waals surface area (Å²) in [6.07, 6.45) is 1.86. The van der Waals surface area contributed by atoms with E-state index in [9.17, 15) is 14.0 Å². The van der Waals surface area contributed by atoms with E-state index in [1.54, 1.807) is 23.6 Å². The van der Waals surface area contributed by atoms with E-state index in [1.165, 1.54) is 23.7 Å². The van der Waals surface area contributed by atoms with E-state index < -0.39 is 11.2 Å².